The number of phosphoric ester groups is 1. The summed E-state index contributed by atoms with van der Waals surface area (Å²) in [5.41, 5.74) is 2.61. The van der Waals surface area contributed by atoms with Gasteiger partial charge in [0.25, 0.3) is 7.82 Å². The molecule has 1 unspecified atom stereocenters. The number of hydrogen-bond acceptors (Lipinski definition) is 10. The number of esters is 2. The lowest BCUT2D eigenvalue weighted by atomic mass is 10.0. The third-order valence-corrected chi connectivity index (χ3v) is 11.1. The predicted molar refractivity (Wildman–Crippen MR) is 240 cm³/mol. The lowest BCUT2D eigenvalue weighted by Gasteiger charge is -2.28. The molecular formula is C48H82NO10P. The van der Waals surface area contributed by atoms with E-state index in [1.165, 1.54) is 24.0 Å². The Hall–Kier alpha value is -2.79. The van der Waals surface area contributed by atoms with Crippen molar-refractivity contribution in [2.45, 2.75) is 175 Å². The van der Waals surface area contributed by atoms with Crippen molar-refractivity contribution in [1.29, 1.82) is 0 Å². The molecule has 0 spiro atoms. The number of likely N-dealkylation sites (N-methyl/N-ethyl adjacent to an activating group) is 1. The number of carbonyl (C=O) groups excluding carboxylic acids is 2. The number of quaternary nitrogens is 1. The quantitative estimate of drug-likeness (QED) is 0.0171. The van der Waals surface area contributed by atoms with Crippen LogP contribution in [0.25, 0.3) is 0 Å². The number of nitrogens with zero attached hydrogens (tertiary/aromatic N) is 1. The minimum atomic E-state index is -4.67. The summed E-state index contributed by atoms with van der Waals surface area (Å²) in [6.45, 7) is 8.22. The van der Waals surface area contributed by atoms with Crippen LogP contribution in [0.5, 0.6) is 0 Å². The molecule has 1 rings (SSSR count). The summed E-state index contributed by atoms with van der Waals surface area (Å²) in [6, 6.07) is 0. The van der Waals surface area contributed by atoms with Crippen molar-refractivity contribution in [2.24, 2.45) is 0 Å². The summed E-state index contributed by atoms with van der Waals surface area (Å²) in [6.07, 6.45) is 33.2. The number of allylic oxidation sites excluding steroid dienone is 7. The van der Waals surface area contributed by atoms with Crippen molar-refractivity contribution in [3.05, 3.63) is 71.3 Å². The zero-order chi connectivity index (χ0) is 44.5. The van der Waals surface area contributed by atoms with Gasteiger partial charge in [-0.25, -0.2) is 0 Å². The summed E-state index contributed by atoms with van der Waals surface area (Å²) in [7, 11) is 1.07. The summed E-state index contributed by atoms with van der Waals surface area (Å²) in [4.78, 5) is 37.6. The maximum absolute atomic E-state index is 12.7. The lowest BCUT2D eigenvalue weighted by Crippen LogP contribution is -2.37. The molecule has 0 aliphatic heterocycles. The molecular weight excluding hydrogens is 781 g/mol. The van der Waals surface area contributed by atoms with Gasteiger partial charge in [0.05, 0.1) is 33.9 Å². The number of carbonyl (C=O) groups is 2. The molecule has 0 fully saturated rings. The van der Waals surface area contributed by atoms with Gasteiger partial charge in [0.2, 0.25) is 0 Å². The van der Waals surface area contributed by atoms with E-state index in [0.717, 1.165) is 101 Å². The third-order valence-electron chi connectivity index (χ3n) is 10.1. The highest BCUT2D eigenvalue weighted by Crippen LogP contribution is 2.38. The van der Waals surface area contributed by atoms with Gasteiger partial charge in [-0.3, -0.25) is 14.2 Å². The van der Waals surface area contributed by atoms with Crippen LogP contribution in [0.2, 0.25) is 0 Å². The molecule has 0 saturated heterocycles. The van der Waals surface area contributed by atoms with Crippen LogP contribution in [0.3, 0.4) is 0 Å². The maximum atomic E-state index is 12.7. The van der Waals surface area contributed by atoms with E-state index in [2.05, 4.69) is 39.8 Å². The van der Waals surface area contributed by atoms with Crippen molar-refractivity contribution in [2.75, 3.05) is 47.5 Å². The number of aliphatic hydroxyl groups is 1. The summed E-state index contributed by atoms with van der Waals surface area (Å²) < 4.78 is 40.0. The topological polar surface area (TPSA) is 145 Å². The Morgan fingerprint density at radius 1 is 0.733 bits per heavy atom. The molecule has 0 aliphatic carbocycles. The Morgan fingerprint density at radius 3 is 2.02 bits per heavy atom. The van der Waals surface area contributed by atoms with E-state index in [4.69, 9.17) is 22.9 Å². The van der Waals surface area contributed by atoms with Crippen LogP contribution in [0.15, 0.2) is 53.0 Å². The van der Waals surface area contributed by atoms with Gasteiger partial charge in [0.15, 0.2) is 6.10 Å². The van der Waals surface area contributed by atoms with Crippen LogP contribution >= 0.6 is 7.82 Å². The van der Waals surface area contributed by atoms with Gasteiger partial charge in [-0.2, -0.15) is 0 Å². The number of rotatable bonds is 37. The first-order valence-corrected chi connectivity index (χ1v) is 24.3. The number of furan rings is 1. The zero-order valence-electron chi connectivity index (χ0n) is 38.5. The van der Waals surface area contributed by atoms with Crippen LogP contribution in [-0.4, -0.2) is 81.2 Å². The molecule has 1 aromatic rings. The van der Waals surface area contributed by atoms with Crippen LogP contribution in [0, 0.1) is 13.8 Å². The molecule has 12 heteroatoms. The zero-order valence-corrected chi connectivity index (χ0v) is 39.4. The second-order valence-corrected chi connectivity index (χ2v) is 18.3. The molecule has 0 aromatic carbocycles. The second kappa shape index (κ2) is 33.8. The first-order valence-electron chi connectivity index (χ1n) is 22.8. The largest absolute Gasteiger partial charge is 0.756 e. The second-order valence-electron chi connectivity index (χ2n) is 16.8. The van der Waals surface area contributed by atoms with Gasteiger partial charge in [0, 0.05) is 25.7 Å². The number of phosphoric acid groups is 1. The highest BCUT2D eigenvalue weighted by molar-refractivity contribution is 7.45. The van der Waals surface area contributed by atoms with Gasteiger partial charge in [-0.05, 0) is 76.3 Å². The minimum Gasteiger partial charge on any atom is -0.756 e. The fourth-order valence-electron chi connectivity index (χ4n) is 6.27. The highest BCUT2D eigenvalue weighted by Gasteiger charge is 2.22. The number of aliphatic hydroxyl groups excluding tert-OH is 1. The van der Waals surface area contributed by atoms with E-state index in [0.29, 0.717) is 30.3 Å². The van der Waals surface area contributed by atoms with Gasteiger partial charge in [-0.15, -0.1) is 0 Å². The average Bonchev–Trinajstić information content (AvgIpc) is 3.45. The summed E-state index contributed by atoms with van der Waals surface area (Å²) >= 11 is 0. The molecule has 1 aromatic heterocycles. The molecule has 0 bridgehead atoms. The van der Waals surface area contributed by atoms with Crippen molar-refractivity contribution >= 4 is 19.8 Å². The predicted octanol–water partition coefficient (Wildman–Crippen LogP) is 10.7. The van der Waals surface area contributed by atoms with E-state index in [1.54, 1.807) is 0 Å². The Labute approximate surface area is 363 Å². The summed E-state index contributed by atoms with van der Waals surface area (Å²) in [5.74, 6) is 1.33. The van der Waals surface area contributed by atoms with E-state index >= 15 is 0 Å². The minimum absolute atomic E-state index is 0.0577. The maximum Gasteiger partial charge on any atom is 0.306 e. The number of aryl methyl sites for hydroxylation is 2. The molecule has 0 saturated carbocycles. The summed E-state index contributed by atoms with van der Waals surface area (Å²) in [5, 5.41) is 9.92. The molecule has 0 aliphatic rings. The normalized spacial score (nSPS) is 14.5. The molecule has 11 nitrogen and oxygen atoms in total. The molecule has 3 atom stereocenters. The Balaban J connectivity index is 2.39. The first-order chi connectivity index (χ1) is 28.7. The van der Waals surface area contributed by atoms with Gasteiger partial charge in [-0.1, -0.05) is 120 Å². The Morgan fingerprint density at radius 2 is 1.35 bits per heavy atom. The van der Waals surface area contributed by atoms with Crippen molar-refractivity contribution in [3.8, 4) is 0 Å². The molecule has 60 heavy (non-hydrogen) atoms. The average molecular weight is 864 g/mol. The smallest absolute Gasteiger partial charge is 0.306 e. The molecule has 1 N–H and O–H groups in total. The number of ether oxygens (including phenoxy) is 2. The van der Waals surface area contributed by atoms with Crippen LogP contribution < -0.4 is 4.89 Å². The molecule has 1 heterocycles. The van der Waals surface area contributed by atoms with Crippen molar-refractivity contribution < 1.29 is 51.6 Å². The van der Waals surface area contributed by atoms with Crippen LogP contribution in [0.1, 0.15) is 158 Å². The van der Waals surface area contributed by atoms with E-state index in [9.17, 15) is 24.2 Å². The van der Waals surface area contributed by atoms with E-state index in [-0.39, 0.29) is 32.2 Å². The van der Waals surface area contributed by atoms with Gasteiger partial charge in [0.1, 0.15) is 31.3 Å². The van der Waals surface area contributed by atoms with Gasteiger partial charge >= 0.3 is 11.9 Å². The lowest BCUT2D eigenvalue weighted by molar-refractivity contribution is -0.870. The van der Waals surface area contributed by atoms with E-state index in [1.807, 2.05) is 57.6 Å². The Kier molecular flexibility index (Phi) is 31.1. The molecule has 344 valence electrons. The fraction of sp³-hybridized carbons (Fsp3) is 0.708. The standard InChI is InChI=1S/C48H82NO10P/c1-8-10-26-32-43(50)33-27-22-18-14-12-11-13-15-21-25-30-36-48(52)58-44(40-57-60(53,54)56-38-37-49(5,6)7)39-55-47(51)35-29-24-20-17-16-19-23-28-34-46-42(4)41(3)45(59-46)31-9-2/h11-12,15,18,21-22,27,33,43-44,50H,8-10,13-14,16-17,19-20,23-26,28-32,34-40H2,1-7H3/b12-11-,21-15-,22-18-,33-27+/t43-,44+/m0/s1. The van der Waals surface area contributed by atoms with Gasteiger partial charge < -0.3 is 37.4 Å². The SMILES string of the molecule is CCCCC[C@H](O)/C=C/C=C\C/C=C\C/C=C\CCCC(=O)O[C@H](COC(=O)CCCCCCCCCCc1oc(CCC)c(C)c1C)COP(=O)([O-])OCC[N+](C)(C)C. The molecule has 0 radical (unpaired) electrons. The first kappa shape index (κ1) is 55.2. The van der Waals surface area contributed by atoms with Crippen molar-refractivity contribution in [3.63, 3.8) is 0 Å². The van der Waals surface area contributed by atoms with E-state index < -0.39 is 32.5 Å². The monoisotopic (exact) mass is 864 g/mol. The van der Waals surface area contributed by atoms with Crippen molar-refractivity contribution in [1.82, 2.24) is 0 Å². The Bertz CT molecular complexity index is 1460. The number of unbranched alkanes of at least 4 members (excludes halogenated alkanes) is 10. The fourth-order valence-corrected chi connectivity index (χ4v) is 7.00. The third kappa shape index (κ3) is 30.3. The molecule has 0 amide bonds. The number of hydrogen-bond donors (Lipinski definition) is 1. The van der Waals surface area contributed by atoms with Crippen LogP contribution in [0.4, 0.5) is 0 Å². The van der Waals surface area contributed by atoms with Crippen LogP contribution in [-0.2, 0) is 45.5 Å². The highest BCUT2D eigenvalue weighted by atomic mass is 31.2.